The van der Waals surface area contributed by atoms with Gasteiger partial charge in [0.25, 0.3) is 0 Å². The molecule has 28 heavy (non-hydrogen) atoms. The molecule has 2 heterocycles. The second-order valence-electron chi connectivity index (χ2n) is 6.66. The predicted octanol–water partition coefficient (Wildman–Crippen LogP) is 3.73. The first-order chi connectivity index (χ1) is 13.6. The zero-order valence-corrected chi connectivity index (χ0v) is 16.5. The highest BCUT2D eigenvalue weighted by Crippen LogP contribution is 2.45. The van der Waals surface area contributed by atoms with Crippen LogP contribution in [0.5, 0.6) is 11.5 Å². The van der Waals surface area contributed by atoms with Gasteiger partial charge in [-0.1, -0.05) is 36.4 Å². The molecule has 0 fully saturated rings. The second-order valence-corrected chi connectivity index (χ2v) is 7.75. The number of hydrogen-bond donors (Lipinski definition) is 2. The maximum Gasteiger partial charge on any atom is 0.235 e. The first-order valence-corrected chi connectivity index (χ1v) is 10.0. The van der Waals surface area contributed by atoms with E-state index in [1.165, 1.54) is 7.11 Å². The number of nitrogens with one attached hydrogen (secondary N) is 1. The van der Waals surface area contributed by atoms with Crippen LogP contribution in [0, 0.1) is 6.92 Å². The Morgan fingerprint density at radius 2 is 2.07 bits per heavy atom. The highest BCUT2D eigenvalue weighted by atomic mass is 32.2. The SMILES string of the molecule is COc1cc([C@H]2SCC(=O)Nc3c2c(C)nn3Cc2ccccc2)ccc1O. The number of rotatable bonds is 4. The minimum absolute atomic E-state index is 0.0475. The van der Waals surface area contributed by atoms with Crippen molar-refractivity contribution in [3.05, 3.63) is 70.9 Å². The number of fused-ring (bicyclic) bond motifs is 1. The number of benzene rings is 2. The van der Waals surface area contributed by atoms with E-state index in [4.69, 9.17) is 9.84 Å². The normalized spacial score (nSPS) is 16.2. The number of carbonyl (C=O) groups is 1. The lowest BCUT2D eigenvalue weighted by Gasteiger charge is -2.16. The van der Waals surface area contributed by atoms with Crippen molar-refractivity contribution >= 4 is 23.5 Å². The van der Waals surface area contributed by atoms with Crippen LogP contribution in [-0.4, -0.2) is 33.7 Å². The number of aryl methyl sites for hydroxylation is 1. The van der Waals surface area contributed by atoms with Crippen molar-refractivity contribution in [1.82, 2.24) is 9.78 Å². The fourth-order valence-corrected chi connectivity index (χ4v) is 4.62. The number of amides is 1. The molecule has 1 amide bonds. The van der Waals surface area contributed by atoms with E-state index in [-0.39, 0.29) is 16.9 Å². The van der Waals surface area contributed by atoms with E-state index in [1.54, 1.807) is 17.8 Å². The number of hydrogen-bond acceptors (Lipinski definition) is 5. The molecule has 7 heteroatoms. The minimum atomic E-state index is -0.0898. The third-order valence-corrected chi connectivity index (χ3v) is 6.03. The van der Waals surface area contributed by atoms with Gasteiger partial charge in [0, 0.05) is 5.56 Å². The smallest absolute Gasteiger partial charge is 0.235 e. The summed E-state index contributed by atoms with van der Waals surface area (Å²) in [7, 11) is 1.53. The Morgan fingerprint density at radius 1 is 1.29 bits per heavy atom. The third-order valence-electron chi connectivity index (χ3n) is 4.76. The summed E-state index contributed by atoms with van der Waals surface area (Å²) in [5.41, 5.74) is 3.93. The molecule has 0 bridgehead atoms. The number of phenolic OH excluding ortho intramolecular Hbond substituents is 1. The largest absolute Gasteiger partial charge is 0.504 e. The van der Waals surface area contributed by atoms with Crippen LogP contribution in [0.15, 0.2) is 48.5 Å². The maximum absolute atomic E-state index is 12.4. The first kappa shape index (κ1) is 18.4. The van der Waals surface area contributed by atoms with Crippen LogP contribution in [-0.2, 0) is 11.3 Å². The van der Waals surface area contributed by atoms with Gasteiger partial charge in [-0.05, 0) is 30.2 Å². The predicted molar refractivity (Wildman–Crippen MR) is 110 cm³/mol. The monoisotopic (exact) mass is 395 g/mol. The molecule has 0 spiro atoms. The van der Waals surface area contributed by atoms with Crippen LogP contribution >= 0.6 is 11.8 Å². The number of nitrogens with zero attached hydrogens (tertiary/aromatic N) is 2. The molecule has 0 saturated carbocycles. The van der Waals surface area contributed by atoms with Gasteiger partial charge in [0.1, 0.15) is 5.82 Å². The minimum Gasteiger partial charge on any atom is -0.504 e. The van der Waals surface area contributed by atoms with Gasteiger partial charge in [0.05, 0.1) is 30.4 Å². The number of carbonyl (C=O) groups excluding carboxylic acids is 1. The first-order valence-electron chi connectivity index (χ1n) is 8.96. The molecule has 0 radical (unpaired) electrons. The number of aromatic hydroxyl groups is 1. The summed E-state index contributed by atoms with van der Waals surface area (Å²) < 4.78 is 7.12. The van der Waals surface area contributed by atoms with Gasteiger partial charge in [-0.3, -0.25) is 4.79 Å². The molecule has 6 nitrogen and oxygen atoms in total. The standard InChI is InChI=1S/C21H21N3O3S/c1-13-19-20(15-8-9-16(25)17(10-15)27-2)28-12-18(26)22-21(19)24(23-13)11-14-6-4-3-5-7-14/h3-10,20,25H,11-12H2,1-2H3,(H,22,26)/t20-/m1/s1. The summed E-state index contributed by atoms with van der Waals surface area (Å²) in [6.07, 6.45) is 0. The summed E-state index contributed by atoms with van der Waals surface area (Å²) in [5.74, 6) is 1.53. The fourth-order valence-electron chi connectivity index (χ4n) is 3.44. The van der Waals surface area contributed by atoms with E-state index in [1.807, 2.05) is 54.1 Å². The molecular formula is C21H21N3O3S. The molecule has 1 aliphatic heterocycles. The van der Waals surface area contributed by atoms with Gasteiger partial charge in [-0.15, -0.1) is 11.8 Å². The van der Waals surface area contributed by atoms with E-state index in [0.29, 0.717) is 18.0 Å². The number of aromatic nitrogens is 2. The lowest BCUT2D eigenvalue weighted by Crippen LogP contribution is -2.16. The Bertz CT molecular complexity index is 1020. The third kappa shape index (κ3) is 3.45. The molecule has 4 rings (SSSR count). The number of anilines is 1. The number of thioether (sulfide) groups is 1. The zero-order valence-electron chi connectivity index (χ0n) is 15.7. The molecule has 0 aliphatic carbocycles. The molecule has 144 valence electrons. The van der Waals surface area contributed by atoms with Crippen LogP contribution in [0.3, 0.4) is 0 Å². The number of methoxy groups -OCH3 is 1. The van der Waals surface area contributed by atoms with Crippen molar-refractivity contribution in [2.45, 2.75) is 18.7 Å². The van der Waals surface area contributed by atoms with Gasteiger partial charge >= 0.3 is 0 Å². The topological polar surface area (TPSA) is 76.4 Å². The molecule has 1 atom stereocenters. The Labute approximate surface area is 167 Å². The molecule has 0 saturated heterocycles. The van der Waals surface area contributed by atoms with Crippen LogP contribution in [0.2, 0.25) is 0 Å². The van der Waals surface area contributed by atoms with Gasteiger partial charge in [0.15, 0.2) is 11.5 Å². The fraction of sp³-hybridized carbons (Fsp3) is 0.238. The van der Waals surface area contributed by atoms with Crippen LogP contribution in [0.25, 0.3) is 0 Å². The average Bonchev–Trinajstić information content (AvgIpc) is 2.87. The molecule has 1 aromatic heterocycles. The number of phenols is 1. The summed E-state index contributed by atoms with van der Waals surface area (Å²) >= 11 is 1.54. The van der Waals surface area contributed by atoms with Crippen LogP contribution < -0.4 is 10.1 Å². The Balaban J connectivity index is 1.79. The summed E-state index contributed by atoms with van der Waals surface area (Å²) in [4.78, 5) is 12.4. The van der Waals surface area contributed by atoms with Gasteiger partial charge < -0.3 is 15.2 Å². The average molecular weight is 395 g/mol. The van der Waals surface area contributed by atoms with E-state index >= 15 is 0 Å². The Kier molecular flexibility index (Phi) is 5.00. The number of ether oxygens (including phenoxy) is 1. The second kappa shape index (κ2) is 7.59. The highest BCUT2D eigenvalue weighted by Gasteiger charge is 2.30. The van der Waals surface area contributed by atoms with Crippen molar-refractivity contribution < 1.29 is 14.6 Å². The zero-order chi connectivity index (χ0) is 19.7. The highest BCUT2D eigenvalue weighted by molar-refractivity contribution is 8.00. The molecular weight excluding hydrogens is 374 g/mol. The lowest BCUT2D eigenvalue weighted by molar-refractivity contribution is -0.113. The Hall–Kier alpha value is -2.93. The van der Waals surface area contributed by atoms with E-state index < -0.39 is 0 Å². The summed E-state index contributed by atoms with van der Waals surface area (Å²) in [6, 6.07) is 15.3. The van der Waals surface area contributed by atoms with E-state index in [2.05, 4.69) is 5.32 Å². The quantitative estimate of drug-likeness (QED) is 0.704. The Morgan fingerprint density at radius 3 is 2.82 bits per heavy atom. The summed E-state index contributed by atoms with van der Waals surface area (Å²) in [5, 5.41) is 17.6. The van der Waals surface area contributed by atoms with Gasteiger partial charge in [0.2, 0.25) is 5.91 Å². The van der Waals surface area contributed by atoms with E-state index in [9.17, 15) is 9.90 Å². The van der Waals surface area contributed by atoms with Crippen molar-refractivity contribution in [1.29, 1.82) is 0 Å². The van der Waals surface area contributed by atoms with E-state index in [0.717, 1.165) is 28.2 Å². The van der Waals surface area contributed by atoms with Crippen molar-refractivity contribution in [3.63, 3.8) is 0 Å². The van der Waals surface area contributed by atoms with Gasteiger partial charge in [-0.25, -0.2) is 4.68 Å². The van der Waals surface area contributed by atoms with Crippen molar-refractivity contribution in [2.24, 2.45) is 0 Å². The molecule has 0 unspecified atom stereocenters. The molecule has 2 aromatic carbocycles. The molecule has 2 N–H and O–H groups in total. The summed E-state index contributed by atoms with van der Waals surface area (Å²) in [6.45, 7) is 2.54. The van der Waals surface area contributed by atoms with Crippen LogP contribution in [0.4, 0.5) is 5.82 Å². The van der Waals surface area contributed by atoms with Crippen molar-refractivity contribution in [2.75, 3.05) is 18.2 Å². The van der Waals surface area contributed by atoms with Gasteiger partial charge in [-0.2, -0.15) is 5.10 Å². The lowest BCUT2D eigenvalue weighted by atomic mass is 10.0. The maximum atomic E-state index is 12.4. The van der Waals surface area contributed by atoms with Crippen molar-refractivity contribution in [3.8, 4) is 11.5 Å². The van der Waals surface area contributed by atoms with Crippen LogP contribution in [0.1, 0.15) is 27.6 Å². The molecule has 1 aliphatic rings. The molecule has 3 aromatic rings.